The van der Waals surface area contributed by atoms with Crippen LogP contribution in [0, 0.1) is 0 Å². The molecule has 0 aliphatic heterocycles. The number of unbranched alkanes of at least 4 members (excludes halogenated alkanes) is 28. The number of carbonyl (C=O) groups excluding carboxylic acids is 2. The summed E-state index contributed by atoms with van der Waals surface area (Å²) in [6.45, 7) is 4.35. The van der Waals surface area contributed by atoms with Gasteiger partial charge in [0.2, 0.25) is 0 Å². The molecule has 0 aromatic heterocycles. The second-order valence-corrected chi connectivity index (χ2v) is 21.1. The molecular weight excluding hydrogens is 846 g/mol. The standard InChI is InChI=1S/C56H104NO8P/c1-6-8-10-12-14-16-18-20-21-22-23-24-25-26-27-28-29-30-31-32-33-34-35-37-39-41-43-45-47-49-56(59)65-54(53-64-66(60,61)63-51-50-57(3,4)5)52-62-55(58)48-46-44-42-40-38-36-19-17-15-13-11-9-7-2/h11,13,17-20,22-23,54H,6-10,12,14-16,21,24-53H2,1-5H3/p+1/b13-11-,19-17-,20-18-,23-22-. The monoisotopic (exact) mass is 951 g/mol. The zero-order valence-corrected chi connectivity index (χ0v) is 44.6. The quantitative estimate of drug-likeness (QED) is 0.0211. The Morgan fingerprint density at radius 3 is 1.26 bits per heavy atom. The van der Waals surface area contributed by atoms with E-state index in [4.69, 9.17) is 18.5 Å². The molecule has 10 heteroatoms. The lowest BCUT2D eigenvalue weighted by molar-refractivity contribution is -0.870. The molecule has 0 aliphatic carbocycles. The van der Waals surface area contributed by atoms with Gasteiger partial charge < -0.3 is 18.9 Å². The minimum Gasteiger partial charge on any atom is -0.462 e. The molecule has 386 valence electrons. The van der Waals surface area contributed by atoms with Crippen LogP contribution in [0.15, 0.2) is 48.6 Å². The van der Waals surface area contributed by atoms with E-state index in [1.54, 1.807) is 0 Å². The van der Waals surface area contributed by atoms with Gasteiger partial charge in [0.15, 0.2) is 6.10 Å². The lowest BCUT2D eigenvalue weighted by Gasteiger charge is -2.24. The first-order valence-corrected chi connectivity index (χ1v) is 28.9. The smallest absolute Gasteiger partial charge is 0.462 e. The minimum atomic E-state index is -4.38. The van der Waals surface area contributed by atoms with Gasteiger partial charge in [-0.15, -0.1) is 0 Å². The molecule has 0 fully saturated rings. The summed E-state index contributed by atoms with van der Waals surface area (Å²) < 4.78 is 34.4. The van der Waals surface area contributed by atoms with Gasteiger partial charge in [-0.2, -0.15) is 0 Å². The van der Waals surface area contributed by atoms with Crippen LogP contribution in [0.1, 0.15) is 245 Å². The third kappa shape index (κ3) is 51.4. The fourth-order valence-electron chi connectivity index (χ4n) is 7.55. The summed E-state index contributed by atoms with van der Waals surface area (Å²) in [5.74, 6) is -0.809. The topological polar surface area (TPSA) is 108 Å². The molecule has 0 saturated heterocycles. The van der Waals surface area contributed by atoms with E-state index in [2.05, 4.69) is 62.5 Å². The van der Waals surface area contributed by atoms with Gasteiger partial charge in [-0.1, -0.05) is 210 Å². The average Bonchev–Trinajstić information content (AvgIpc) is 3.27. The number of ether oxygens (including phenoxy) is 2. The molecule has 0 spiro atoms. The Kier molecular flexibility index (Phi) is 46.5. The SMILES string of the molecule is CCC/C=C\C/C=C\CCCCCCCC(=O)OCC(COP(=O)(O)OCC[N+](C)(C)C)OC(=O)CCCCCCCCCCCCCCCCCCC/C=C\C/C=C\CCCCCCC. The van der Waals surface area contributed by atoms with Gasteiger partial charge in [0.1, 0.15) is 19.8 Å². The van der Waals surface area contributed by atoms with Crippen LogP contribution in [0.25, 0.3) is 0 Å². The van der Waals surface area contributed by atoms with E-state index in [9.17, 15) is 19.0 Å². The number of phosphoric ester groups is 1. The Balaban J connectivity index is 4.08. The number of phosphoric acid groups is 1. The lowest BCUT2D eigenvalue weighted by Crippen LogP contribution is -2.37. The lowest BCUT2D eigenvalue weighted by atomic mass is 10.0. The number of rotatable bonds is 50. The number of hydrogen-bond acceptors (Lipinski definition) is 7. The summed E-state index contributed by atoms with van der Waals surface area (Å²) >= 11 is 0. The molecule has 0 radical (unpaired) electrons. The summed E-state index contributed by atoms with van der Waals surface area (Å²) in [7, 11) is 1.47. The van der Waals surface area contributed by atoms with Gasteiger partial charge in [-0.05, 0) is 70.6 Å². The van der Waals surface area contributed by atoms with Crippen molar-refractivity contribution in [2.45, 2.75) is 251 Å². The van der Waals surface area contributed by atoms with Crippen LogP contribution in [-0.4, -0.2) is 74.9 Å². The Bertz CT molecular complexity index is 1260. The Morgan fingerprint density at radius 2 is 0.848 bits per heavy atom. The van der Waals surface area contributed by atoms with E-state index in [-0.39, 0.29) is 32.0 Å². The molecule has 66 heavy (non-hydrogen) atoms. The van der Waals surface area contributed by atoms with Gasteiger partial charge in [-0.25, -0.2) is 4.57 Å². The molecule has 0 saturated carbocycles. The molecule has 2 unspecified atom stereocenters. The van der Waals surface area contributed by atoms with Gasteiger partial charge in [0.25, 0.3) is 0 Å². The van der Waals surface area contributed by atoms with Crippen molar-refractivity contribution in [3.05, 3.63) is 48.6 Å². The number of quaternary nitrogens is 1. The van der Waals surface area contributed by atoms with Gasteiger partial charge in [-0.3, -0.25) is 18.6 Å². The molecule has 0 aliphatic rings. The minimum absolute atomic E-state index is 0.0293. The van der Waals surface area contributed by atoms with E-state index in [0.717, 1.165) is 70.6 Å². The highest BCUT2D eigenvalue weighted by molar-refractivity contribution is 7.47. The normalized spacial score (nSPS) is 13.7. The Hall–Kier alpha value is -2.03. The second kappa shape index (κ2) is 48.0. The molecular formula is C56H105NO8P+. The molecule has 2 atom stereocenters. The highest BCUT2D eigenvalue weighted by Crippen LogP contribution is 2.43. The number of hydrogen-bond donors (Lipinski definition) is 1. The zero-order chi connectivity index (χ0) is 48.5. The van der Waals surface area contributed by atoms with Crippen LogP contribution >= 0.6 is 7.82 Å². The number of esters is 2. The molecule has 0 aromatic carbocycles. The molecule has 0 aromatic rings. The highest BCUT2D eigenvalue weighted by atomic mass is 31.2. The van der Waals surface area contributed by atoms with Crippen LogP contribution in [0.4, 0.5) is 0 Å². The first kappa shape index (κ1) is 64.0. The maximum atomic E-state index is 12.8. The molecule has 0 rings (SSSR count). The predicted octanol–water partition coefficient (Wildman–Crippen LogP) is 16.6. The van der Waals surface area contributed by atoms with Gasteiger partial charge in [0.05, 0.1) is 27.7 Å². The summed E-state index contributed by atoms with van der Waals surface area (Å²) in [5, 5.41) is 0. The summed E-state index contributed by atoms with van der Waals surface area (Å²) in [5.41, 5.74) is 0. The second-order valence-electron chi connectivity index (χ2n) is 19.6. The predicted molar refractivity (Wildman–Crippen MR) is 280 cm³/mol. The first-order valence-electron chi connectivity index (χ1n) is 27.4. The van der Waals surface area contributed by atoms with Crippen molar-refractivity contribution in [1.82, 2.24) is 0 Å². The van der Waals surface area contributed by atoms with E-state index < -0.39 is 26.5 Å². The maximum Gasteiger partial charge on any atom is 0.472 e. The van der Waals surface area contributed by atoms with Crippen molar-refractivity contribution in [2.75, 3.05) is 47.5 Å². The molecule has 1 N–H and O–H groups in total. The van der Waals surface area contributed by atoms with Crippen LogP contribution in [0.5, 0.6) is 0 Å². The average molecular weight is 951 g/mol. The third-order valence-corrected chi connectivity index (χ3v) is 12.8. The fraction of sp³-hybridized carbons (Fsp3) is 0.821. The third-order valence-electron chi connectivity index (χ3n) is 11.8. The van der Waals surface area contributed by atoms with E-state index in [0.29, 0.717) is 17.4 Å². The molecule has 0 heterocycles. The van der Waals surface area contributed by atoms with Crippen LogP contribution in [0.3, 0.4) is 0 Å². The first-order chi connectivity index (χ1) is 32.0. The number of allylic oxidation sites excluding steroid dienone is 8. The highest BCUT2D eigenvalue weighted by Gasteiger charge is 2.27. The van der Waals surface area contributed by atoms with Crippen molar-refractivity contribution in [3.8, 4) is 0 Å². The maximum absolute atomic E-state index is 12.8. The summed E-state index contributed by atoms with van der Waals surface area (Å²) in [4.78, 5) is 35.5. The zero-order valence-electron chi connectivity index (χ0n) is 43.7. The summed E-state index contributed by atoms with van der Waals surface area (Å²) in [6.07, 6.45) is 59.0. The number of nitrogens with zero attached hydrogens (tertiary/aromatic N) is 1. The van der Waals surface area contributed by atoms with E-state index in [1.807, 2.05) is 21.1 Å². The van der Waals surface area contributed by atoms with Crippen LogP contribution in [0.2, 0.25) is 0 Å². The van der Waals surface area contributed by atoms with Crippen molar-refractivity contribution < 1.29 is 42.1 Å². The van der Waals surface area contributed by atoms with Crippen molar-refractivity contribution in [3.63, 3.8) is 0 Å². The van der Waals surface area contributed by atoms with Crippen LogP contribution in [-0.2, 0) is 32.7 Å². The fourth-order valence-corrected chi connectivity index (χ4v) is 8.30. The van der Waals surface area contributed by atoms with Crippen molar-refractivity contribution in [1.29, 1.82) is 0 Å². The Labute approximate surface area is 407 Å². The molecule has 0 bridgehead atoms. The number of likely N-dealkylation sites (N-methyl/N-ethyl adjacent to an activating group) is 1. The van der Waals surface area contributed by atoms with Gasteiger partial charge >= 0.3 is 19.8 Å². The van der Waals surface area contributed by atoms with Crippen LogP contribution < -0.4 is 0 Å². The Morgan fingerprint density at radius 1 is 0.470 bits per heavy atom. The molecule has 0 amide bonds. The van der Waals surface area contributed by atoms with Crippen molar-refractivity contribution in [2.24, 2.45) is 0 Å². The molecule has 9 nitrogen and oxygen atoms in total. The number of carbonyl (C=O) groups is 2. The largest absolute Gasteiger partial charge is 0.472 e. The van der Waals surface area contributed by atoms with E-state index in [1.165, 1.54) is 141 Å². The van der Waals surface area contributed by atoms with E-state index >= 15 is 0 Å². The van der Waals surface area contributed by atoms with Gasteiger partial charge in [0, 0.05) is 12.8 Å². The van der Waals surface area contributed by atoms with Crippen molar-refractivity contribution >= 4 is 19.8 Å². The summed E-state index contributed by atoms with van der Waals surface area (Å²) in [6, 6.07) is 0.